The third kappa shape index (κ3) is 4.54. The van der Waals surface area contributed by atoms with Crippen molar-refractivity contribution in [2.24, 2.45) is 0 Å². The van der Waals surface area contributed by atoms with E-state index in [0.29, 0.717) is 19.1 Å². The second-order valence-electron chi connectivity index (χ2n) is 8.42. The van der Waals surface area contributed by atoms with Crippen molar-refractivity contribution in [3.05, 3.63) is 47.5 Å². The lowest BCUT2D eigenvalue weighted by Crippen LogP contribution is -2.39. The highest BCUT2D eigenvalue weighted by Gasteiger charge is 2.32. The number of hydrogen-bond acceptors (Lipinski definition) is 5. The Morgan fingerprint density at radius 2 is 1.72 bits per heavy atom. The predicted octanol–water partition coefficient (Wildman–Crippen LogP) is 2.25. The number of rotatable bonds is 5. The molecule has 0 amide bonds. The zero-order valence-electron chi connectivity index (χ0n) is 17.4. The lowest BCUT2D eigenvalue weighted by Gasteiger charge is -2.31. The van der Waals surface area contributed by atoms with Gasteiger partial charge in [-0.1, -0.05) is 30.3 Å². The van der Waals surface area contributed by atoms with E-state index in [2.05, 4.69) is 33.5 Å². The first-order chi connectivity index (χ1) is 13.9. The van der Waals surface area contributed by atoms with Crippen LogP contribution in [-0.2, 0) is 28.7 Å². The Bertz CT molecular complexity index is 918. The highest BCUT2D eigenvalue weighted by molar-refractivity contribution is 7.88. The highest BCUT2D eigenvalue weighted by Crippen LogP contribution is 2.30. The van der Waals surface area contributed by atoms with Crippen LogP contribution < -0.4 is 0 Å². The lowest BCUT2D eigenvalue weighted by atomic mass is 9.97. The van der Waals surface area contributed by atoms with Gasteiger partial charge in [0.1, 0.15) is 11.6 Å². The lowest BCUT2D eigenvalue weighted by molar-refractivity contribution is 0.225. The Balaban J connectivity index is 1.40. The molecule has 0 radical (unpaired) electrons. The first-order valence-electron chi connectivity index (χ1n) is 10.6. The molecular weight excluding hydrogens is 386 g/mol. The first kappa shape index (κ1) is 20.5. The summed E-state index contributed by atoms with van der Waals surface area (Å²) in [5.41, 5.74) is 0.840. The van der Waals surface area contributed by atoms with Gasteiger partial charge in [-0.15, -0.1) is 10.2 Å². The fourth-order valence-corrected chi connectivity index (χ4v) is 6.01. The van der Waals surface area contributed by atoms with E-state index < -0.39 is 10.0 Å². The summed E-state index contributed by atoms with van der Waals surface area (Å²) < 4.78 is 29.6. The number of fused-ring (bicyclic) bond motifs is 1. The maximum atomic E-state index is 12.8. The van der Waals surface area contributed by atoms with Crippen LogP contribution in [0.15, 0.2) is 30.3 Å². The van der Waals surface area contributed by atoms with Crippen molar-refractivity contribution in [2.45, 2.75) is 57.4 Å². The van der Waals surface area contributed by atoms with Crippen molar-refractivity contribution in [3.8, 4) is 0 Å². The number of piperidine rings is 1. The normalized spacial score (nSPS) is 20.0. The molecule has 2 aliphatic rings. The van der Waals surface area contributed by atoms with Crippen LogP contribution in [0.1, 0.15) is 49.8 Å². The topological polar surface area (TPSA) is 71.3 Å². The van der Waals surface area contributed by atoms with Crippen LogP contribution in [0.4, 0.5) is 0 Å². The monoisotopic (exact) mass is 417 g/mol. The van der Waals surface area contributed by atoms with Crippen molar-refractivity contribution in [1.82, 2.24) is 24.0 Å². The van der Waals surface area contributed by atoms with Crippen LogP contribution in [0.25, 0.3) is 0 Å². The van der Waals surface area contributed by atoms with Gasteiger partial charge in [-0.3, -0.25) is 4.90 Å². The molecular formula is C21H31N5O2S. The molecule has 0 unspecified atom stereocenters. The van der Waals surface area contributed by atoms with Crippen LogP contribution in [-0.4, -0.2) is 64.6 Å². The van der Waals surface area contributed by atoms with E-state index in [-0.39, 0.29) is 11.7 Å². The van der Waals surface area contributed by atoms with Crippen LogP contribution in [0.3, 0.4) is 0 Å². The maximum Gasteiger partial charge on any atom is 0.218 e. The molecule has 158 valence electrons. The van der Waals surface area contributed by atoms with Crippen LogP contribution >= 0.6 is 0 Å². The molecule has 0 aliphatic carbocycles. The third-order valence-electron chi connectivity index (χ3n) is 6.22. The quantitative estimate of drug-likeness (QED) is 0.746. The van der Waals surface area contributed by atoms with Gasteiger partial charge in [0.25, 0.3) is 0 Å². The molecule has 4 rings (SSSR count). The second kappa shape index (κ2) is 8.53. The van der Waals surface area contributed by atoms with Crippen molar-refractivity contribution in [2.75, 3.05) is 26.2 Å². The molecule has 0 atom stereocenters. The van der Waals surface area contributed by atoms with E-state index in [0.717, 1.165) is 56.1 Å². The second-order valence-corrected chi connectivity index (χ2v) is 10.4. The highest BCUT2D eigenvalue weighted by atomic mass is 32.2. The van der Waals surface area contributed by atoms with Gasteiger partial charge in [0.05, 0.1) is 5.75 Å². The molecule has 1 aromatic carbocycles. The predicted molar refractivity (Wildman–Crippen MR) is 113 cm³/mol. The Morgan fingerprint density at radius 1 is 1.00 bits per heavy atom. The molecule has 3 heterocycles. The summed E-state index contributed by atoms with van der Waals surface area (Å²) in [7, 11) is -3.28. The fourth-order valence-electron chi connectivity index (χ4n) is 4.45. The number of sulfonamides is 1. The Kier molecular flexibility index (Phi) is 6.03. The molecule has 1 aromatic heterocycles. The molecule has 8 heteroatoms. The average molecular weight is 418 g/mol. The third-order valence-corrected chi connectivity index (χ3v) is 8.07. The van der Waals surface area contributed by atoms with Crippen LogP contribution in [0, 0.1) is 0 Å². The van der Waals surface area contributed by atoms with Crippen molar-refractivity contribution >= 4 is 10.0 Å². The van der Waals surface area contributed by atoms with Gasteiger partial charge in [0, 0.05) is 51.1 Å². The number of hydrogen-bond donors (Lipinski definition) is 0. The number of benzene rings is 1. The Labute approximate surface area is 173 Å². The molecule has 7 nitrogen and oxygen atoms in total. The summed E-state index contributed by atoms with van der Waals surface area (Å²) in [4.78, 5) is 2.48. The summed E-state index contributed by atoms with van der Waals surface area (Å²) in [6.07, 6.45) is 2.54. The minimum atomic E-state index is -3.28. The van der Waals surface area contributed by atoms with E-state index in [1.807, 2.05) is 30.3 Å². The molecule has 0 spiro atoms. The van der Waals surface area contributed by atoms with Gasteiger partial charge in [-0.05, 0) is 32.3 Å². The van der Waals surface area contributed by atoms with Crippen molar-refractivity contribution in [3.63, 3.8) is 0 Å². The van der Waals surface area contributed by atoms with Gasteiger partial charge in [-0.2, -0.15) is 0 Å². The van der Waals surface area contributed by atoms with Crippen LogP contribution in [0.2, 0.25) is 0 Å². The fraction of sp³-hybridized carbons (Fsp3) is 0.619. The molecule has 1 saturated heterocycles. The van der Waals surface area contributed by atoms with Gasteiger partial charge >= 0.3 is 0 Å². The summed E-state index contributed by atoms with van der Waals surface area (Å²) >= 11 is 0. The molecule has 29 heavy (non-hydrogen) atoms. The van der Waals surface area contributed by atoms with Gasteiger partial charge in [-0.25, -0.2) is 12.7 Å². The summed E-state index contributed by atoms with van der Waals surface area (Å²) in [5, 5.41) is 8.98. The molecule has 2 aromatic rings. The Morgan fingerprint density at radius 3 is 2.41 bits per heavy atom. The SMILES string of the molecule is CC(C)N1CCc2nnc(C3CCN(S(=O)(=O)Cc4ccccc4)CC3)n2CC1. The summed E-state index contributed by atoms with van der Waals surface area (Å²) in [5.74, 6) is 2.47. The van der Waals surface area contributed by atoms with Crippen LogP contribution in [0.5, 0.6) is 0 Å². The standard InChI is InChI=1S/C21H31N5O2S/c1-17(2)24-11-10-20-22-23-21(26(20)15-14-24)19-8-12-25(13-9-19)29(27,28)16-18-6-4-3-5-7-18/h3-7,17,19H,8-16H2,1-2H3. The van der Waals surface area contributed by atoms with E-state index in [1.54, 1.807) is 4.31 Å². The first-order valence-corrected chi connectivity index (χ1v) is 12.2. The minimum absolute atomic E-state index is 0.0733. The maximum absolute atomic E-state index is 12.8. The van der Waals surface area contributed by atoms with E-state index in [9.17, 15) is 8.42 Å². The zero-order chi connectivity index (χ0) is 20.4. The molecule has 0 bridgehead atoms. The van der Waals surface area contributed by atoms with Crippen molar-refractivity contribution < 1.29 is 8.42 Å². The van der Waals surface area contributed by atoms with Crippen molar-refractivity contribution in [1.29, 1.82) is 0 Å². The van der Waals surface area contributed by atoms with Gasteiger partial charge < -0.3 is 4.57 Å². The van der Waals surface area contributed by atoms with E-state index >= 15 is 0 Å². The van der Waals surface area contributed by atoms with E-state index in [4.69, 9.17) is 0 Å². The average Bonchev–Trinajstić information content (AvgIpc) is 2.99. The van der Waals surface area contributed by atoms with Gasteiger partial charge in [0.2, 0.25) is 10.0 Å². The molecule has 0 N–H and O–H groups in total. The van der Waals surface area contributed by atoms with E-state index in [1.165, 1.54) is 0 Å². The minimum Gasteiger partial charge on any atom is -0.313 e. The summed E-state index contributed by atoms with van der Waals surface area (Å²) in [6.45, 7) is 8.53. The summed E-state index contributed by atoms with van der Waals surface area (Å²) in [6, 6.07) is 9.95. The smallest absolute Gasteiger partial charge is 0.218 e. The van der Waals surface area contributed by atoms with Gasteiger partial charge in [0.15, 0.2) is 0 Å². The Hall–Kier alpha value is -1.77. The zero-order valence-corrected chi connectivity index (χ0v) is 18.2. The molecule has 1 fully saturated rings. The largest absolute Gasteiger partial charge is 0.313 e. The molecule has 2 aliphatic heterocycles. The number of aromatic nitrogens is 3. The molecule has 0 saturated carbocycles. The number of nitrogens with zero attached hydrogens (tertiary/aromatic N) is 5.